The molecule has 4 heteroatoms. The van der Waals surface area contributed by atoms with Crippen molar-refractivity contribution in [2.45, 2.75) is 19.3 Å². The van der Waals surface area contributed by atoms with E-state index in [0.29, 0.717) is 6.42 Å². The number of unbranched alkanes of at least 4 members (excludes halogenated alkanes) is 1. The highest BCUT2D eigenvalue weighted by Crippen LogP contribution is 2.12. The Bertz CT molecular complexity index is 355. The Morgan fingerprint density at radius 1 is 1.41 bits per heavy atom. The van der Waals surface area contributed by atoms with Gasteiger partial charge in [-0.2, -0.15) is 0 Å². The lowest BCUT2D eigenvalue weighted by Crippen LogP contribution is -2.26. The van der Waals surface area contributed by atoms with Crippen LogP contribution < -0.4 is 10.1 Å². The SMILES string of the molecule is COc1cccc(CC(=O)NCCCCBr)c1. The number of rotatable bonds is 7. The van der Waals surface area contributed by atoms with Crippen molar-refractivity contribution in [2.24, 2.45) is 0 Å². The number of carbonyl (C=O) groups excluding carboxylic acids is 1. The van der Waals surface area contributed by atoms with Crippen LogP contribution in [0.25, 0.3) is 0 Å². The van der Waals surface area contributed by atoms with E-state index in [4.69, 9.17) is 4.74 Å². The Hall–Kier alpha value is -1.03. The van der Waals surface area contributed by atoms with Crippen molar-refractivity contribution in [3.05, 3.63) is 29.8 Å². The molecule has 1 N–H and O–H groups in total. The number of halogens is 1. The normalized spacial score (nSPS) is 10.0. The van der Waals surface area contributed by atoms with Gasteiger partial charge in [-0.3, -0.25) is 4.79 Å². The summed E-state index contributed by atoms with van der Waals surface area (Å²) in [6, 6.07) is 7.59. The predicted molar refractivity (Wildman–Crippen MR) is 72.7 cm³/mol. The molecule has 0 saturated carbocycles. The van der Waals surface area contributed by atoms with Gasteiger partial charge in [-0.15, -0.1) is 0 Å². The molecule has 0 spiro atoms. The molecule has 1 aromatic carbocycles. The first-order chi connectivity index (χ1) is 8.26. The van der Waals surface area contributed by atoms with E-state index in [1.54, 1.807) is 7.11 Å². The van der Waals surface area contributed by atoms with E-state index in [1.165, 1.54) is 0 Å². The van der Waals surface area contributed by atoms with Gasteiger partial charge in [0.1, 0.15) is 5.75 Å². The zero-order valence-corrected chi connectivity index (χ0v) is 11.6. The number of carbonyl (C=O) groups is 1. The lowest BCUT2D eigenvalue weighted by atomic mass is 10.1. The van der Waals surface area contributed by atoms with E-state index in [0.717, 1.165) is 36.0 Å². The summed E-state index contributed by atoms with van der Waals surface area (Å²) in [5.74, 6) is 0.849. The van der Waals surface area contributed by atoms with E-state index in [9.17, 15) is 4.79 Å². The summed E-state index contributed by atoms with van der Waals surface area (Å²) in [4.78, 5) is 11.6. The number of ether oxygens (including phenoxy) is 1. The van der Waals surface area contributed by atoms with Crippen molar-refractivity contribution in [2.75, 3.05) is 19.0 Å². The molecule has 0 aromatic heterocycles. The molecule has 0 atom stereocenters. The molecule has 0 aliphatic heterocycles. The van der Waals surface area contributed by atoms with Crippen LogP contribution in [0.1, 0.15) is 18.4 Å². The van der Waals surface area contributed by atoms with Gasteiger partial charge in [0.15, 0.2) is 0 Å². The van der Waals surface area contributed by atoms with Gasteiger partial charge in [0.2, 0.25) is 5.91 Å². The lowest BCUT2D eigenvalue weighted by Gasteiger charge is -2.06. The van der Waals surface area contributed by atoms with Gasteiger partial charge in [-0.05, 0) is 30.5 Å². The summed E-state index contributed by atoms with van der Waals surface area (Å²) in [6.07, 6.45) is 2.50. The molecular formula is C13H18BrNO2. The number of amides is 1. The summed E-state index contributed by atoms with van der Waals surface area (Å²) in [7, 11) is 1.62. The summed E-state index contributed by atoms with van der Waals surface area (Å²) in [5, 5.41) is 3.89. The Labute approximate surface area is 111 Å². The highest BCUT2D eigenvalue weighted by atomic mass is 79.9. The van der Waals surface area contributed by atoms with Crippen LogP contribution in [0.3, 0.4) is 0 Å². The van der Waals surface area contributed by atoms with Gasteiger partial charge < -0.3 is 10.1 Å². The molecule has 17 heavy (non-hydrogen) atoms. The summed E-state index contributed by atoms with van der Waals surface area (Å²) >= 11 is 3.36. The van der Waals surface area contributed by atoms with Crippen LogP contribution in [0.15, 0.2) is 24.3 Å². The maximum absolute atomic E-state index is 11.6. The van der Waals surface area contributed by atoms with Gasteiger partial charge >= 0.3 is 0 Å². The highest BCUT2D eigenvalue weighted by molar-refractivity contribution is 9.09. The predicted octanol–water partition coefficient (Wildman–Crippen LogP) is 2.53. The number of methoxy groups -OCH3 is 1. The monoisotopic (exact) mass is 299 g/mol. The molecule has 3 nitrogen and oxygen atoms in total. The van der Waals surface area contributed by atoms with Gasteiger partial charge in [0, 0.05) is 11.9 Å². The number of benzene rings is 1. The minimum atomic E-state index is 0.0628. The summed E-state index contributed by atoms with van der Waals surface area (Å²) in [6.45, 7) is 0.744. The molecular weight excluding hydrogens is 282 g/mol. The fourth-order valence-corrected chi connectivity index (χ4v) is 1.87. The molecule has 1 amide bonds. The Balaban J connectivity index is 2.34. The smallest absolute Gasteiger partial charge is 0.224 e. The fourth-order valence-electron chi connectivity index (χ4n) is 1.48. The van der Waals surface area contributed by atoms with Crippen molar-refractivity contribution < 1.29 is 9.53 Å². The summed E-state index contributed by atoms with van der Waals surface area (Å²) in [5.41, 5.74) is 0.974. The third-order valence-electron chi connectivity index (χ3n) is 2.38. The molecule has 1 aromatic rings. The first-order valence-corrected chi connectivity index (χ1v) is 6.84. The van der Waals surface area contributed by atoms with Gasteiger partial charge in [-0.1, -0.05) is 28.1 Å². The van der Waals surface area contributed by atoms with Crippen LogP contribution in [0, 0.1) is 0 Å². The largest absolute Gasteiger partial charge is 0.497 e. The van der Waals surface area contributed by atoms with Gasteiger partial charge in [-0.25, -0.2) is 0 Å². The minimum absolute atomic E-state index is 0.0628. The maximum Gasteiger partial charge on any atom is 0.224 e. The molecule has 1 rings (SSSR count). The zero-order valence-electron chi connectivity index (χ0n) is 10.0. The average Bonchev–Trinajstić information content (AvgIpc) is 2.35. The van der Waals surface area contributed by atoms with Crippen LogP contribution in [0.4, 0.5) is 0 Å². The highest BCUT2D eigenvalue weighted by Gasteiger charge is 2.03. The van der Waals surface area contributed by atoms with E-state index < -0.39 is 0 Å². The molecule has 0 saturated heterocycles. The molecule has 0 radical (unpaired) electrons. The first kappa shape index (κ1) is 14.0. The third kappa shape index (κ3) is 5.73. The van der Waals surface area contributed by atoms with Crippen molar-refractivity contribution in [1.29, 1.82) is 0 Å². The second-order valence-corrected chi connectivity index (χ2v) is 4.57. The van der Waals surface area contributed by atoms with Gasteiger partial charge in [0.05, 0.1) is 13.5 Å². The molecule has 0 heterocycles. The van der Waals surface area contributed by atoms with Crippen LogP contribution in [0.2, 0.25) is 0 Å². The maximum atomic E-state index is 11.6. The van der Waals surface area contributed by atoms with Crippen molar-refractivity contribution in [3.8, 4) is 5.75 Å². The Morgan fingerprint density at radius 3 is 2.94 bits per heavy atom. The van der Waals surface area contributed by atoms with E-state index in [2.05, 4.69) is 21.2 Å². The molecule has 0 unspecified atom stereocenters. The number of hydrogen-bond donors (Lipinski definition) is 1. The number of alkyl halides is 1. The van der Waals surface area contributed by atoms with E-state index in [1.807, 2.05) is 24.3 Å². The molecule has 94 valence electrons. The molecule has 0 aliphatic rings. The quantitative estimate of drug-likeness (QED) is 0.621. The Morgan fingerprint density at radius 2 is 2.24 bits per heavy atom. The zero-order chi connectivity index (χ0) is 12.5. The third-order valence-corrected chi connectivity index (χ3v) is 2.94. The van der Waals surface area contributed by atoms with Crippen molar-refractivity contribution >= 4 is 21.8 Å². The first-order valence-electron chi connectivity index (χ1n) is 5.72. The summed E-state index contributed by atoms with van der Waals surface area (Å²) < 4.78 is 5.11. The standard InChI is InChI=1S/C13H18BrNO2/c1-17-12-6-4-5-11(9-12)10-13(16)15-8-3-2-7-14/h4-6,9H,2-3,7-8,10H2,1H3,(H,15,16). The van der Waals surface area contributed by atoms with Gasteiger partial charge in [0.25, 0.3) is 0 Å². The topological polar surface area (TPSA) is 38.3 Å². The van der Waals surface area contributed by atoms with Crippen molar-refractivity contribution in [3.63, 3.8) is 0 Å². The second kappa shape index (κ2) is 8.12. The van der Waals surface area contributed by atoms with Crippen LogP contribution in [0.5, 0.6) is 5.75 Å². The van der Waals surface area contributed by atoms with Crippen LogP contribution in [-0.2, 0) is 11.2 Å². The molecule has 0 fully saturated rings. The fraction of sp³-hybridized carbons (Fsp3) is 0.462. The molecule has 0 aliphatic carbocycles. The van der Waals surface area contributed by atoms with E-state index >= 15 is 0 Å². The Kier molecular flexibility index (Phi) is 6.70. The number of nitrogens with one attached hydrogen (secondary N) is 1. The average molecular weight is 300 g/mol. The van der Waals surface area contributed by atoms with E-state index in [-0.39, 0.29) is 5.91 Å². The molecule has 0 bridgehead atoms. The lowest BCUT2D eigenvalue weighted by molar-refractivity contribution is -0.120. The second-order valence-electron chi connectivity index (χ2n) is 3.77. The van der Waals surface area contributed by atoms with Crippen LogP contribution in [-0.4, -0.2) is 24.9 Å². The minimum Gasteiger partial charge on any atom is -0.497 e. The van der Waals surface area contributed by atoms with Crippen molar-refractivity contribution in [1.82, 2.24) is 5.32 Å². The van der Waals surface area contributed by atoms with Crippen LogP contribution >= 0.6 is 15.9 Å². The number of hydrogen-bond acceptors (Lipinski definition) is 2.